The summed E-state index contributed by atoms with van der Waals surface area (Å²) in [7, 11) is 1.58. The van der Waals surface area contributed by atoms with Gasteiger partial charge in [-0.1, -0.05) is 6.07 Å². The zero-order valence-electron chi connectivity index (χ0n) is 13.2. The highest BCUT2D eigenvalue weighted by Gasteiger charge is 2.16. The number of hydrogen-bond donors (Lipinski definition) is 1. The van der Waals surface area contributed by atoms with Crippen LogP contribution in [0.15, 0.2) is 18.2 Å². The average Bonchev–Trinajstić information content (AvgIpc) is 2.69. The first-order chi connectivity index (χ1) is 10.6. The molecule has 2 rings (SSSR count). The summed E-state index contributed by atoms with van der Waals surface area (Å²) in [5, 5.41) is 0. The highest BCUT2D eigenvalue weighted by atomic mass is 16.5. The van der Waals surface area contributed by atoms with Crippen LogP contribution in [0.5, 0.6) is 11.5 Å². The molecule has 1 atom stereocenters. The molecule has 1 fully saturated rings. The van der Waals surface area contributed by atoms with E-state index < -0.39 is 5.91 Å². The minimum Gasteiger partial charge on any atom is -0.493 e. The molecule has 0 unspecified atom stereocenters. The van der Waals surface area contributed by atoms with Crippen LogP contribution in [-0.2, 0) is 16.1 Å². The van der Waals surface area contributed by atoms with E-state index in [1.165, 1.54) is 0 Å². The summed E-state index contributed by atoms with van der Waals surface area (Å²) in [6, 6.07) is 5.73. The molecule has 0 spiro atoms. The Morgan fingerprint density at radius 1 is 1.45 bits per heavy atom. The van der Waals surface area contributed by atoms with Gasteiger partial charge >= 0.3 is 0 Å². The number of carbonyl (C=O) groups is 1. The fraction of sp³-hybridized carbons (Fsp3) is 0.562. The number of carbonyl (C=O) groups excluding carboxylic acids is 1. The summed E-state index contributed by atoms with van der Waals surface area (Å²) >= 11 is 0. The molecule has 0 aliphatic carbocycles. The number of rotatable bonds is 6. The lowest BCUT2D eigenvalue weighted by Crippen LogP contribution is -2.29. The number of nitrogens with two attached hydrogens (primary N) is 1. The molecular weight excluding hydrogens is 284 g/mol. The molecule has 2 N–H and O–H groups in total. The SMILES string of the molecule is COc1cc(CN2CCCO[C@@H](C)C2)ccc1OCC(N)=O. The van der Waals surface area contributed by atoms with Crippen molar-refractivity contribution in [2.45, 2.75) is 26.0 Å². The Hall–Kier alpha value is -1.79. The summed E-state index contributed by atoms with van der Waals surface area (Å²) in [6.07, 6.45) is 1.30. The van der Waals surface area contributed by atoms with Crippen molar-refractivity contribution in [3.05, 3.63) is 23.8 Å². The highest BCUT2D eigenvalue weighted by molar-refractivity contribution is 5.75. The molecule has 1 saturated heterocycles. The van der Waals surface area contributed by atoms with E-state index in [-0.39, 0.29) is 12.7 Å². The van der Waals surface area contributed by atoms with Crippen LogP contribution in [0.2, 0.25) is 0 Å². The second kappa shape index (κ2) is 8.00. The molecule has 0 aromatic heterocycles. The van der Waals surface area contributed by atoms with Gasteiger partial charge in [-0.2, -0.15) is 0 Å². The Labute approximate surface area is 131 Å². The quantitative estimate of drug-likeness (QED) is 0.854. The van der Waals surface area contributed by atoms with E-state index in [9.17, 15) is 4.79 Å². The van der Waals surface area contributed by atoms with Crippen molar-refractivity contribution in [1.82, 2.24) is 4.90 Å². The third-order valence-electron chi connectivity index (χ3n) is 3.54. The Morgan fingerprint density at radius 3 is 3.00 bits per heavy atom. The molecule has 6 nitrogen and oxygen atoms in total. The van der Waals surface area contributed by atoms with Gasteiger partial charge in [0.15, 0.2) is 18.1 Å². The number of nitrogens with zero attached hydrogens (tertiary/aromatic N) is 1. The summed E-state index contributed by atoms with van der Waals surface area (Å²) in [5.41, 5.74) is 6.23. The number of hydrogen-bond acceptors (Lipinski definition) is 5. The summed E-state index contributed by atoms with van der Waals surface area (Å²) in [4.78, 5) is 13.2. The molecule has 0 radical (unpaired) electrons. The molecule has 1 aromatic carbocycles. The van der Waals surface area contributed by atoms with Gasteiger partial charge in [-0.05, 0) is 31.0 Å². The molecule has 1 aliphatic heterocycles. The van der Waals surface area contributed by atoms with Crippen LogP contribution in [0.3, 0.4) is 0 Å². The van der Waals surface area contributed by atoms with Crippen LogP contribution in [0, 0.1) is 0 Å². The average molecular weight is 308 g/mol. The molecule has 122 valence electrons. The molecule has 1 aliphatic rings. The van der Waals surface area contributed by atoms with Crippen molar-refractivity contribution in [3.8, 4) is 11.5 Å². The van der Waals surface area contributed by atoms with Crippen molar-refractivity contribution in [2.75, 3.05) is 33.4 Å². The van der Waals surface area contributed by atoms with E-state index in [0.717, 1.165) is 38.2 Å². The molecule has 1 amide bonds. The van der Waals surface area contributed by atoms with Gasteiger partial charge in [0.1, 0.15) is 0 Å². The first-order valence-corrected chi connectivity index (χ1v) is 7.50. The lowest BCUT2D eigenvalue weighted by atomic mass is 10.1. The van der Waals surface area contributed by atoms with E-state index >= 15 is 0 Å². The van der Waals surface area contributed by atoms with Gasteiger partial charge in [-0.15, -0.1) is 0 Å². The van der Waals surface area contributed by atoms with Crippen LogP contribution in [0.4, 0.5) is 0 Å². The number of amides is 1. The van der Waals surface area contributed by atoms with Gasteiger partial charge in [-0.3, -0.25) is 9.69 Å². The lowest BCUT2D eigenvalue weighted by molar-refractivity contribution is -0.119. The zero-order valence-corrected chi connectivity index (χ0v) is 13.2. The summed E-state index contributed by atoms with van der Waals surface area (Å²) in [5.74, 6) is 0.625. The minimum atomic E-state index is -0.510. The van der Waals surface area contributed by atoms with E-state index in [4.69, 9.17) is 19.9 Å². The van der Waals surface area contributed by atoms with Gasteiger partial charge in [0.25, 0.3) is 5.91 Å². The Bertz CT molecular complexity index is 507. The second-order valence-corrected chi connectivity index (χ2v) is 5.51. The standard InChI is InChI=1S/C16H24N2O4/c1-12-9-18(6-3-7-21-12)10-13-4-5-14(15(8-13)20-2)22-11-16(17)19/h4-5,8,12H,3,6-7,9-11H2,1-2H3,(H2,17,19)/t12-/m0/s1. The fourth-order valence-electron chi connectivity index (χ4n) is 2.56. The number of primary amides is 1. The van der Waals surface area contributed by atoms with Gasteiger partial charge < -0.3 is 19.9 Å². The molecular formula is C16H24N2O4. The number of benzene rings is 1. The third-order valence-corrected chi connectivity index (χ3v) is 3.54. The normalized spacial score (nSPS) is 19.5. The Balaban J connectivity index is 2.03. The van der Waals surface area contributed by atoms with Crippen LogP contribution in [0.25, 0.3) is 0 Å². The Morgan fingerprint density at radius 2 is 2.27 bits per heavy atom. The monoisotopic (exact) mass is 308 g/mol. The number of methoxy groups -OCH3 is 1. The van der Waals surface area contributed by atoms with Gasteiger partial charge in [0, 0.05) is 26.2 Å². The predicted octanol–water partition coefficient (Wildman–Crippen LogP) is 1.17. The predicted molar refractivity (Wildman–Crippen MR) is 83.0 cm³/mol. The van der Waals surface area contributed by atoms with Crippen LogP contribution in [-0.4, -0.2) is 50.3 Å². The first kappa shape index (κ1) is 16.6. The smallest absolute Gasteiger partial charge is 0.255 e. The van der Waals surface area contributed by atoms with Crippen molar-refractivity contribution in [1.29, 1.82) is 0 Å². The van der Waals surface area contributed by atoms with E-state index in [0.29, 0.717) is 11.5 Å². The van der Waals surface area contributed by atoms with Crippen molar-refractivity contribution >= 4 is 5.91 Å². The second-order valence-electron chi connectivity index (χ2n) is 5.51. The van der Waals surface area contributed by atoms with Crippen molar-refractivity contribution in [3.63, 3.8) is 0 Å². The topological polar surface area (TPSA) is 74.0 Å². The molecule has 0 bridgehead atoms. The van der Waals surface area contributed by atoms with Gasteiger partial charge in [-0.25, -0.2) is 0 Å². The van der Waals surface area contributed by atoms with E-state index in [1.54, 1.807) is 7.11 Å². The first-order valence-electron chi connectivity index (χ1n) is 7.50. The molecule has 1 heterocycles. The lowest BCUT2D eigenvalue weighted by Gasteiger charge is -2.22. The minimum absolute atomic E-state index is 0.156. The largest absolute Gasteiger partial charge is 0.493 e. The number of ether oxygens (including phenoxy) is 3. The third kappa shape index (κ3) is 4.89. The maximum Gasteiger partial charge on any atom is 0.255 e. The zero-order chi connectivity index (χ0) is 15.9. The van der Waals surface area contributed by atoms with Crippen molar-refractivity contribution < 1.29 is 19.0 Å². The van der Waals surface area contributed by atoms with E-state index in [2.05, 4.69) is 11.8 Å². The van der Waals surface area contributed by atoms with Crippen LogP contribution >= 0.6 is 0 Å². The maximum atomic E-state index is 10.8. The molecule has 6 heteroatoms. The van der Waals surface area contributed by atoms with Crippen LogP contribution < -0.4 is 15.2 Å². The molecule has 1 aromatic rings. The summed E-state index contributed by atoms with van der Waals surface area (Å²) in [6.45, 7) is 5.53. The van der Waals surface area contributed by atoms with Gasteiger partial charge in [0.2, 0.25) is 0 Å². The fourth-order valence-corrected chi connectivity index (χ4v) is 2.56. The van der Waals surface area contributed by atoms with E-state index in [1.807, 2.05) is 18.2 Å². The highest BCUT2D eigenvalue weighted by Crippen LogP contribution is 2.28. The Kier molecular flexibility index (Phi) is 6.03. The molecule has 22 heavy (non-hydrogen) atoms. The summed E-state index contributed by atoms with van der Waals surface area (Å²) < 4.78 is 16.3. The van der Waals surface area contributed by atoms with Crippen molar-refractivity contribution in [2.24, 2.45) is 5.73 Å². The van der Waals surface area contributed by atoms with Gasteiger partial charge in [0.05, 0.1) is 13.2 Å². The molecule has 0 saturated carbocycles. The van der Waals surface area contributed by atoms with Crippen LogP contribution in [0.1, 0.15) is 18.9 Å². The maximum absolute atomic E-state index is 10.8.